The normalized spacial score (nSPS) is 12.2. The van der Waals surface area contributed by atoms with Gasteiger partial charge in [0.1, 0.15) is 0 Å². The first kappa shape index (κ1) is 25.6. The van der Waals surface area contributed by atoms with E-state index in [1.54, 1.807) is 0 Å². The van der Waals surface area contributed by atoms with Crippen LogP contribution in [-0.4, -0.2) is 18.9 Å². The molecule has 0 radical (unpaired) electrons. The molecule has 4 aromatic heterocycles. The minimum atomic E-state index is -0.0258. The molecule has 11 aromatic rings. The van der Waals surface area contributed by atoms with Crippen LogP contribution in [0, 0.1) is 0 Å². The lowest BCUT2D eigenvalue weighted by Crippen LogP contribution is -2.13. The molecule has 0 aliphatic rings. The Kier molecular flexibility index (Phi) is 4.93. The van der Waals surface area contributed by atoms with Crippen molar-refractivity contribution in [2.75, 3.05) is 0 Å². The highest BCUT2D eigenvalue weighted by Crippen LogP contribution is 2.46. The first-order chi connectivity index (χ1) is 23.8. The molecule has 0 atom stereocenters. The zero-order chi connectivity index (χ0) is 31.5. The third-order valence-corrected chi connectivity index (χ3v) is 10.0. The van der Waals surface area contributed by atoms with Crippen molar-refractivity contribution >= 4 is 81.4 Å². The Morgan fingerprint density at radius 2 is 1.00 bits per heavy atom. The zero-order valence-corrected chi connectivity index (χ0v) is 25.6. The second-order valence-electron chi connectivity index (χ2n) is 12.5. The summed E-state index contributed by atoms with van der Waals surface area (Å²) in [6.07, 6.45) is 0. The lowest BCUT2D eigenvalue weighted by Gasteiger charge is -2.13. The highest BCUT2D eigenvalue weighted by atomic mass is 16.1. The van der Waals surface area contributed by atoms with Gasteiger partial charge in [-0.2, -0.15) is 0 Å². The van der Waals surface area contributed by atoms with Crippen LogP contribution >= 0.6 is 0 Å². The Bertz CT molecular complexity index is 3190. The summed E-state index contributed by atoms with van der Waals surface area (Å²) < 4.78 is 4.15. The summed E-state index contributed by atoms with van der Waals surface area (Å²) in [5.41, 5.74) is 6.45. The van der Waals surface area contributed by atoms with Crippen LogP contribution in [0.4, 0.5) is 0 Å². The SMILES string of the molecule is O=c1c2ccccc2c2cccc3c4c5ccccc5c5c6ccccc6n(-c6nc(-c7ccccc7)c7ccccc7n6)c5c4n1c23. The number of benzene rings is 7. The van der Waals surface area contributed by atoms with Crippen LogP contribution in [0.15, 0.2) is 150 Å². The number of pyridine rings is 1. The predicted octanol–water partition coefficient (Wildman–Crippen LogP) is 10.1. The fourth-order valence-electron chi connectivity index (χ4n) is 8.12. The van der Waals surface area contributed by atoms with E-state index in [-0.39, 0.29) is 5.56 Å². The number of rotatable bonds is 2. The Morgan fingerprint density at radius 3 is 1.79 bits per heavy atom. The molecular formula is C43H24N4O. The molecule has 222 valence electrons. The van der Waals surface area contributed by atoms with Crippen molar-refractivity contribution in [3.05, 3.63) is 156 Å². The standard InChI is InChI=1S/C43H24N4O/c48-42-30-18-7-4-15-26(30)29-21-12-22-33-37-28-17-6-5-16-27(28)36-32-20-9-11-24-35(32)46(40(36)41(37)47(42)39(29)33)43-44-34-23-10-8-19-31(34)38(45-43)25-13-2-1-3-14-25/h1-24H. The molecule has 0 bridgehead atoms. The molecule has 5 heteroatoms. The number of hydrogen-bond donors (Lipinski definition) is 0. The van der Waals surface area contributed by atoms with E-state index in [0.717, 1.165) is 87.3 Å². The van der Waals surface area contributed by atoms with Gasteiger partial charge in [0, 0.05) is 43.3 Å². The third kappa shape index (κ3) is 3.17. The summed E-state index contributed by atoms with van der Waals surface area (Å²) in [6, 6.07) is 49.9. The van der Waals surface area contributed by atoms with Crippen molar-refractivity contribution in [3.8, 4) is 17.2 Å². The largest absolute Gasteiger partial charge is 0.276 e. The smallest absolute Gasteiger partial charge is 0.263 e. The third-order valence-electron chi connectivity index (χ3n) is 10.0. The van der Waals surface area contributed by atoms with Gasteiger partial charge in [0.25, 0.3) is 5.56 Å². The molecule has 0 saturated carbocycles. The van der Waals surface area contributed by atoms with Crippen LogP contribution in [0.3, 0.4) is 0 Å². The summed E-state index contributed by atoms with van der Waals surface area (Å²) in [5.74, 6) is 0.567. The molecule has 0 unspecified atom stereocenters. The maximum Gasteiger partial charge on any atom is 0.263 e. The summed E-state index contributed by atoms with van der Waals surface area (Å²) in [7, 11) is 0. The molecule has 0 fully saturated rings. The van der Waals surface area contributed by atoms with Crippen LogP contribution in [0.2, 0.25) is 0 Å². The van der Waals surface area contributed by atoms with Crippen molar-refractivity contribution in [2.24, 2.45) is 0 Å². The minimum Gasteiger partial charge on any atom is -0.276 e. The molecule has 0 amide bonds. The highest BCUT2D eigenvalue weighted by molar-refractivity contribution is 6.37. The van der Waals surface area contributed by atoms with Gasteiger partial charge in [0.2, 0.25) is 5.95 Å². The van der Waals surface area contributed by atoms with Gasteiger partial charge in [0.15, 0.2) is 0 Å². The van der Waals surface area contributed by atoms with Crippen molar-refractivity contribution in [3.63, 3.8) is 0 Å². The van der Waals surface area contributed by atoms with Gasteiger partial charge in [-0.25, -0.2) is 9.97 Å². The Labute approximate surface area is 272 Å². The Balaban J connectivity index is 1.46. The molecule has 4 heterocycles. The molecule has 48 heavy (non-hydrogen) atoms. The number of hydrogen-bond acceptors (Lipinski definition) is 3. The topological polar surface area (TPSA) is 52.2 Å². The maximum atomic E-state index is 14.7. The van der Waals surface area contributed by atoms with E-state index in [2.05, 4.69) is 95.6 Å². The summed E-state index contributed by atoms with van der Waals surface area (Å²) >= 11 is 0. The van der Waals surface area contributed by atoms with Gasteiger partial charge in [-0.05, 0) is 34.4 Å². The summed E-state index contributed by atoms with van der Waals surface area (Å²) in [5, 5.41) is 10.3. The number of fused-ring (bicyclic) bond motifs is 13. The number of nitrogens with zero attached hydrogens (tertiary/aromatic N) is 4. The highest BCUT2D eigenvalue weighted by Gasteiger charge is 2.26. The van der Waals surface area contributed by atoms with E-state index in [1.807, 2.05) is 59.0 Å². The van der Waals surface area contributed by atoms with Crippen molar-refractivity contribution in [2.45, 2.75) is 0 Å². The second-order valence-corrected chi connectivity index (χ2v) is 12.5. The van der Waals surface area contributed by atoms with E-state index < -0.39 is 0 Å². The van der Waals surface area contributed by atoms with Gasteiger partial charge in [-0.15, -0.1) is 0 Å². The molecule has 5 nitrogen and oxygen atoms in total. The number of para-hydroxylation sites is 3. The first-order valence-corrected chi connectivity index (χ1v) is 16.2. The van der Waals surface area contributed by atoms with Gasteiger partial charge < -0.3 is 0 Å². The molecule has 0 N–H and O–H groups in total. The van der Waals surface area contributed by atoms with E-state index in [0.29, 0.717) is 11.3 Å². The van der Waals surface area contributed by atoms with Crippen molar-refractivity contribution < 1.29 is 0 Å². The minimum absolute atomic E-state index is 0.0258. The maximum absolute atomic E-state index is 14.7. The van der Waals surface area contributed by atoms with E-state index >= 15 is 0 Å². The van der Waals surface area contributed by atoms with E-state index in [1.165, 1.54) is 0 Å². The molecular weight excluding hydrogens is 589 g/mol. The first-order valence-electron chi connectivity index (χ1n) is 16.2. The van der Waals surface area contributed by atoms with E-state index in [9.17, 15) is 4.79 Å². The van der Waals surface area contributed by atoms with Crippen molar-refractivity contribution in [1.29, 1.82) is 0 Å². The van der Waals surface area contributed by atoms with Gasteiger partial charge >= 0.3 is 0 Å². The summed E-state index contributed by atoms with van der Waals surface area (Å²) in [6.45, 7) is 0. The molecule has 0 spiro atoms. The van der Waals surface area contributed by atoms with Gasteiger partial charge in [0.05, 0.1) is 33.3 Å². The molecule has 0 aliphatic heterocycles. The van der Waals surface area contributed by atoms with Gasteiger partial charge in [-0.3, -0.25) is 13.8 Å². The fourth-order valence-corrected chi connectivity index (χ4v) is 8.12. The van der Waals surface area contributed by atoms with Crippen LogP contribution in [-0.2, 0) is 0 Å². The molecule has 0 saturated heterocycles. The lowest BCUT2D eigenvalue weighted by molar-refractivity contribution is 1.01. The van der Waals surface area contributed by atoms with Crippen LogP contribution in [0.25, 0.3) is 98.7 Å². The average molecular weight is 613 g/mol. The average Bonchev–Trinajstić information content (AvgIpc) is 3.69. The number of aromatic nitrogens is 4. The molecule has 0 aliphatic carbocycles. The van der Waals surface area contributed by atoms with Crippen molar-refractivity contribution in [1.82, 2.24) is 18.9 Å². The van der Waals surface area contributed by atoms with Gasteiger partial charge in [-0.1, -0.05) is 127 Å². The summed E-state index contributed by atoms with van der Waals surface area (Å²) in [4.78, 5) is 25.3. The lowest BCUT2D eigenvalue weighted by atomic mass is 9.98. The van der Waals surface area contributed by atoms with Crippen LogP contribution in [0.5, 0.6) is 0 Å². The monoisotopic (exact) mass is 612 g/mol. The molecule has 11 rings (SSSR count). The second kappa shape index (κ2) is 9.24. The van der Waals surface area contributed by atoms with Crippen LogP contribution in [0.1, 0.15) is 0 Å². The molecule has 7 aromatic carbocycles. The van der Waals surface area contributed by atoms with Crippen LogP contribution < -0.4 is 5.56 Å². The quantitative estimate of drug-likeness (QED) is 0.183. The zero-order valence-electron chi connectivity index (χ0n) is 25.6. The Hall–Kier alpha value is -6.59. The Morgan fingerprint density at radius 1 is 0.417 bits per heavy atom. The predicted molar refractivity (Wildman–Crippen MR) is 198 cm³/mol. The fraction of sp³-hybridized carbons (Fsp3) is 0. The van der Waals surface area contributed by atoms with E-state index in [4.69, 9.17) is 9.97 Å².